The summed E-state index contributed by atoms with van der Waals surface area (Å²) in [5.74, 6) is 4.25. The maximum absolute atomic E-state index is 4.62. The summed E-state index contributed by atoms with van der Waals surface area (Å²) in [6.45, 7) is 6.33. The third kappa shape index (κ3) is 4.11. The molecule has 5 nitrogen and oxygen atoms in total. The van der Waals surface area contributed by atoms with Crippen molar-refractivity contribution in [1.82, 2.24) is 20.0 Å². The number of aryl methyl sites for hydroxylation is 1. The zero-order chi connectivity index (χ0) is 17.3. The summed E-state index contributed by atoms with van der Waals surface area (Å²) >= 11 is 0. The number of nitrogens with one attached hydrogen (secondary N) is 1. The van der Waals surface area contributed by atoms with Crippen LogP contribution in [0.1, 0.15) is 56.7 Å². The average molecular weight is 332 g/mol. The van der Waals surface area contributed by atoms with E-state index < -0.39 is 0 Å². The van der Waals surface area contributed by atoms with E-state index in [1.807, 2.05) is 18.8 Å². The van der Waals surface area contributed by atoms with Crippen molar-refractivity contribution in [2.24, 2.45) is 29.8 Å². The van der Waals surface area contributed by atoms with Gasteiger partial charge < -0.3 is 10.2 Å². The van der Waals surface area contributed by atoms with E-state index in [0.29, 0.717) is 5.92 Å². The Morgan fingerprint density at radius 2 is 1.96 bits per heavy atom. The summed E-state index contributed by atoms with van der Waals surface area (Å²) in [7, 11) is 6.00. The number of hydrogen-bond donors (Lipinski definition) is 1. The van der Waals surface area contributed by atoms with Crippen molar-refractivity contribution in [3.8, 4) is 0 Å². The van der Waals surface area contributed by atoms with E-state index in [4.69, 9.17) is 0 Å². The van der Waals surface area contributed by atoms with Crippen LogP contribution in [0.5, 0.6) is 0 Å². The van der Waals surface area contributed by atoms with Crippen LogP contribution in [0.25, 0.3) is 0 Å². The minimum atomic E-state index is 0.443. The Bertz CT molecular complexity index is 569. The van der Waals surface area contributed by atoms with Crippen molar-refractivity contribution < 1.29 is 0 Å². The van der Waals surface area contributed by atoms with Crippen LogP contribution in [0.3, 0.4) is 0 Å². The molecule has 2 fully saturated rings. The van der Waals surface area contributed by atoms with Crippen LogP contribution in [0.2, 0.25) is 0 Å². The van der Waals surface area contributed by atoms with Gasteiger partial charge in [-0.15, -0.1) is 0 Å². The number of guanidine groups is 1. The average Bonchev–Trinajstić information content (AvgIpc) is 3.43. The van der Waals surface area contributed by atoms with E-state index in [0.717, 1.165) is 36.8 Å². The molecule has 5 heteroatoms. The topological polar surface area (TPSA) is 45.5 Å². The van der Waals surface area contributed by atoms with Gasteiger partial charge in [-0.1, -0.05) is 13.8 Å². The highest BCUT2D eigenvalue weighted by atomic mass is 15.3. The Morgan fingerprint density at radius 1 is 1.33 bits per heavy atom. The highest BCUT2D eigenvalue weighted by molar-refractivity contribution is 5.79. The minimum absolute atomic E-state index is 0.443. The summed E-state index contributed by atoms with van der Waals surface area (Å²) < 4.78 is 1.92. The Labute approximate surface area is 146 Å². The second-order valence-electron chi connectivity index (χ2n) is 7.99. The van der Waals surface area contributed by atoms with Gasteiger partial charge in [0.25, 0.3) is 0 Å². The Balaban J connectivity index is 1.59. The van der Waals surface area contributed by atoms with Gasteiger partial charge in [-0.3, -0.25) is 9.67 Å². The zero-order valence-corrected chi connectivity index (χ0v) is 15.9. The Kier molecular flexibility index (Phi) is 5.16. The molecule has 0 unspecified atom stereocenters. The van der Waals surface area contributed by atoms with Gasteiger partial charge in [0.2, 0.25) is 0 Å². The van der Waals surface area contributed by atoms with Crippen molar-refractivity contribution in [3.63, 3.8) is 0 Å². The molecule has 3 rings (SSSR count). The van der Waals surface area contributed by atoms with Gasteiger partial charge in [-0.05, 0) is 49.4 Å². The lowest BCUT2D eigenvalue weighted by molar-refractivity contribution is 0.387. The molecule has 1 aromatic rings. The Hall–Kier alpha value is -1.52. The first-order valence-corrected chi connectivity index (χ1v) is 9.43. The summed E-state index contributed by atoms with van der Waals surface area (Å²) in [6.07, 6.45) is 7.88. The molecular formula is C19H33N5. The molecular weight excluding hydrogens is 298 g/mol. The highest BCUT2D eigenvalue weighted by Gasteiger charge is 2.41. The highest BCUT2D eigenvalue weighted by Crippen LogP contribution is 2.48. The largest absolute Gasteiger partial charge is 0.356 e. The van der Waals surface area contributed by atoms with Crippen molar-refractivity contribution in [2.45, 2.75) is 52.0 Å². The lowest BCUT2D eigenvalue weighted by atomic mass is 9.98. The molecule has 24 heavy (non-hydrogen) atoms. The quantitative estimate of drug-likeness (QED) is 0.617. The molecule has 2 aliphatic carbocycles. The fraction of sp³-hybridized carbons (Fsp3) is 0.789. The van der Waals surface area contributed by atoms with Crippen LogP contribution in [0, 0.1) is 17.8 Å². The minimum Gasteiger partial charge on any atom is -0.356 e. The number of nitrogens with zero attached hydrogens (tertiary/aromatic N) is 4. The van der Waals surface area contributed by atoms with Gasteiger partial charge in [-0.2, -0.15) is 5.10 Å². The molecule has 1 aromatic heterocycles. The molecule has 0 radical (unpaired) electrons. The fourth-order valence-electron chi connectivity index (χ4n) is 3.85. The molecule has 2 aliphatic rings. The first-order chi connectivity index (χ1) is 11.5. The molecule has 2 saturated carbocycles. The van der Waals surface area contributed by atoms with E-state index in [-0.39, 0.29) is 0 Å². The zero-order valence-electron chi connectivity index (χ0n) is 15.9. The van der Waals surface area contributed by atoms with Crippen LogP contribution >= 0.6 is 0 Å². The molecule has 1 N–H and O–H groups in total. The number of hydrogen-bond acceptors (Lipinski definition) is 2. The first-order valence-electron chi connectivity index (χ1n) is 9.43. The van der Waals surface area contributed by atoms with E-state index in [9.17, 15) is 0 Å². The van der Waals surface area contributed by atoms with E-state index in [1.165, 1.54) is 36.9 Å². The number of aromatic nitrogens is 2. The van der Waals surface area contributed by atoms with Gasteiger partial charge in [0.05, 0.1) is 5.69 Å². The third-order valence-electron chi connectivity index (χ3n) is 5.42. The third-order valence-corrected chi connectivity index (χ3v) is 5.42. The van der Waals surface area contributed by atoms with Crippen molar-refractivity contribution >= 4 is 5.96 Å². The molecule has 134 valence electrons. The normalized spacial score (nSPS) is 18.5. The summed E-state index contributed by atoms with van der Waals surface area (Å²) in [4.78, 5) is 6.72. The SMILES string of the molecule is CN=C(NCC(C1CC1)C1CC1)N(C)Cc1cn(C)nc1C(C)C. The number of aliphatic imine (C=N–C) groups is 1. The smallest absolute Gasteiger partial charge is 0.193 e. The van der Waals surface area contributed by atoms with E-state index in [2.05, 4.69) is 47.4 Å². The molecule has 0 amide bonds. The van der Waals surface area contributed by atoms with E-state index in [1.54, 1.807) is 0 Å². The molecule has 1 heterocycles. The predicted molar refractivity (Wildman–Crippen MR) is 99.1 cm³/mol. The molecule has 0 bridgehead atoms. The molecule has 0 aliphatic heterocycles. The van der Waals surface area contributed by atoms with Crippen molar-refractivity contribution in [1.29, 1.82) is 0 Å². The Morgan fingerprint density at radius 3 is 2.46 bits per heavy atom. The first kappa shape index (κ1) is 17.3. The standard InChI is InChI=1S/C19H33N5/c1-13(2)18-16(12-24(5)22-18)11-23(4)19(20-3)21-10-17(14-6-7-14)15-8-9-15/h12-15,17H,6-11H2,1-5H3,(H,20,21). The van der Waals surface area contributed by atoms with Gasteiger partial charge in [0.15, 0.2) is 5.96 Å². The van der Waals surface area contributed by atoms with E-state index >= 15 is 0 Å². The number of rotatable bonds is 7. The summed E-state index contributed by atoms with van der Waals surface area (Å²) in [5, 5.41) is 8.25. The lowest BCUT2D eigenvalue weighted by Crippen LogP contribution is -2.41. The second-order valence-corrected chi connectivity index (χ2v) is 7.99. The molecule has 0 aromatic carbocycles. The predicted octanol–water partition coefficient (Wildman–Crippen LogP) is 2.99. The summed E-state index contributed by atoms with van der Waals surface area (Å²) in [6, 6.07) is 0. The maximum Gasteiger partial charge on any atom is 0.193 e. The molecule has 0 saturated heterocycles. The van der Waals surface area contributed by atoms with Crippen LogP contribution in [0.4, 0.5) is 0 Å². The maximum atomic E-state index is 4.62. The van der Waals surface area contributed by atoms with Crippen LogP contribution < -0.4 is 5.32 Å². The lowest BCUT2D eigenvalue weighted by Gasteiger charge is -2.25. The van der Waals surface area contributed by atoms with Gasteiger partial charge in [0.1, 0.15) is 0 Å². The van der Waals surface area contributed by atoms with Gasteiger partial charge in [-0.25, -0.2) is 0 Å². The van der Waals surface area contributed by atoms with Crippen LogP contribution in [-0.2, 0) is 13.6 Å². The van der Waals surface area contributed by atoms with Crippen LogP contribution in [0.15, 0.2) is 11.2 Å². The monoisotopic (exact) mass is 331 g/mol. The molecule has 0 atom stereocenters. The van der Waals surface area contributed by atoms with Gasteiger partial charge in [0, 0.05) is 46.0 Å². The second kappa shape index (κ2) is 7.16. The van der Waals surface area contributed by atoms with Crippen molar-refractivity contribution in [2.75, 3.05) is 20.6 Å². The molecule has 0 spiro atoms. The van der Waals surface area contributed by atoms with Crippen molar-refractivity contribution in [3.05, 3.63) is 17.5 Å². The van der Waals surface area contributed by atoms with Crippen LogP contribution in [-0.4, -0.2) is 41.3 Å². The fourth-order valence-corrected chi connectivity index (χ4v) is 3.85. The summed E-state index contributed by atoms with van der Waals surface area (Å²) in [5.41, 5.74) is 2.48. The van der Waals surface area contributed by atoms with Gasteiger partial charge >= 0.3 is 0 Å².